The van der Waals surface area contributed by atoms with Crippen molar-refractivity contribution in [3.05, 3.63) is 72.6 Å². The van der Waals surface area contributed by atoms with Gasteiger partial charge in [-0.3, -0.25) is 4.79 Å². The van der Waals surface area contributed by atoms with E-state index in [0.717, 1.165) is 60.6 Å². The molecule has 1 atom stereocenters. The molecule has 1 aliphatic heterocycles. The highest BCUT2D eigenvalue weighted by atomic mass is 16.5. The number of fused-ring (bicyclic) bond motifs is 1. The Morgan fingerprint density at radius 1 is 1.12 bits per heavy atom. The van der Waals surface area contributed by atoms with Gasteiger partial charge in [0.15, 0.2) is 0 Å². The summed E-state index contributed by atoms with van der Waals surface area (Å²) in [4.78, 5) is 31.3. The van der Waals surface area contributed by atoms with Crippen molar-refractivity contribution in [1.29, 1.82) is 0 Å². The van der Waals surface area contributed by atoms with Crippen molar-refractivity contribution in [2.24, 2.45) is 0 Å². The Morgan fingerprint density at radius 2 is 1.88 bits per heavy atom. The Hall–Kier alpha value is -3.78. The first kappa shape index (κ1) is 21.1. The van der Waals surface area contributed by atoms with E-state index in [-0.39, 0.29) is 17.8 Å². The zero-order valence-electron chi connectivity index (χ0n) is 18.5. The Balaban J connectivity index is 1.31. The first-order valence-corrected chi connectivity index (χ1v) is 11.1. The first-order valence-electron chi connectivity index (χ1n) is 11.1. The van der Waals surface area contributed by atoms with Gasteiger partial charge in [0.2, 0.25) is 5.82 Å². The number of H-pyrrole nitrogens is 1. The number of carbonyl (C=O) groups excluding carboxylic acids is 1. The molecule has 0 aliphatic carbocycles. The summed E-state index contributed by atoms with van der Waals surface area (Å²) >= 11 is 0. The number of nitrogens with one attached hydrogen (secondary N) is 2. The Morgan fingerprint density at radius 3 is 2.64 bits per heavy atom. The number of anilines is 1. The average Bonchev–Trinajstić information content (AvgIpc) is 3.28. The molecule has 0 unspecified atom stereocenters. The minimum atomic E-state index is -0.278. The molecule has 0 saturated carbocycles. The van der Waals surface area contributed by atoms with Gasteiger partial charge in [-0.1, -0.05) is 30.3 Å². The van der Waals surface area contributed by atoms with Crippen LogP contribution in [-0.4, -0.2) is 58.2 Å². The Kier molecular flexibility index (Phi) is 5.99. The van der Waals surface area contributed by atoms with Crippen LogP contribution in [0.3, 0.4) is 0 Å². The van der Waals surface area contributed by atoms with E-state index in [0.29, 0.717) is 0 Å². The highest BCUT2D eigenvalue weighted by Crippen LogP contribution is 2.30. The molecule has 3 aromatic heterocycles. The number of ether oxygens (including phenoxy) is 1. The van der Waals surface area contributed by atoms with Crippen LogP contribution in [0, 0.1) is 0 Å². The van der Waals surface area contributed by atoms with Gasteiger partial charge in [-0.2, -0.15) is 0 Å². The molecular formula is C25H26N6O2. The number of nitrogens with zero attached hydrogens (tertiary/aromatic N) is 4. The van der Waals surface area contributed by atoms with Gasteiger partial charge >= 0.3 is 0 Å². The van der Waals surface area contributed by atoms with Crippen LogP contribution in [0.25, 0.3) is 22.2 Å². The quantitative estimate of drug-likeness (QED) is 0.476. The van der Waals surface area contributed by atoms with Crippen LogP contribution in [0.15, 0.2) is 61.2 Å². The smallest absolute Gasteiger partial charge is 0.289 e. The molecule has 0 radical (unpaired) electrons. The second-order valence-corrected chi connectivity index (χ2v) is 8.25. The normalized spacial score (nSPS) is 14.9. The molecule has 5 rings (SSSR count). The fraction of sp³-hybridized carbons (Fsp3) is 0.280. The van der Waals surface area contributed by atoms with Gasteiger partial charge in [-0.05, 0) is 25.0 Å². The van der Waals surface area contributed by atoms with E-state index in [1.165, 1.54) is 5.56 Å². The topological polar surface area (TPSA) is 96.0 Å². The second kappa shape index (κ2) is 9.38. The zero-order valence-corrected chi connectivity index (χ0v) is 18.5. The van der Waals surface area contributed by atoms with Gasteiger partial charge in [-0.15, -0.1) is 0 Å². The molecule has 33 heavy (non-hydrogen) atoms. The van der Waals surface area contributed by atoms with Gasteiger partial charge in [0.25, 0.3) is 5.91 Å². The van der Waals surface area contributed by atoms with Crippen molar-refractivity contribution in [3.8, 4) is 11.1 Å². The number of carbonyl (C=O) groups is 1. The van der Waals surface area contributed by atoms with Crippen molar-refractivity contribution >= 4 is 22.6 Å². The van der Waals surface area contributed by atoms with Crippen LogP contribution >= 0.6 is 0 Å². The summed E-state index contributed by atoms with van der Waals surface area (Å²) in [6, 6.07) is 12.2. The monoisotopic (exact) mass is 442 g/mol. The minimum absolute atomic E-state index is 0.0264. The van der Waals surface area contributed by atoms with Crippen LogP contribution in [0.2, 0.25) is 0 Å². The number of amides is 1. The third-order valence-corrected chi connectivity index (χ3v) is 5.82. The highest BCUT2D eigenvalue weighted by molar-refractivity contribution is 5.95. The maximum Gasteiger partial charge on any atom is 0.289 e. The number of rotatable bonds is 6. The largest absolute Gasteiger partial charge is 0.378 e. The van der Waals surface area contributed by atoms with E-state index in [1.54, 1.807) is 12.4 Å². The zero-order chi connectivity index (χ0) is 22.6. The Labute approximate surface area is 192 Å². The SMILES string of the molecule is C[C@@H](Cc1ccccc1)NC(=O)c1ncc(-c2c[nH]c3ncc(N4CCOCC4)cc23)cn1. The maximum absolute atomic E-state index is 12.6. The average molecular weight is 443 g/mol. The van der Waals surface area contributed by atoms with E-state index in [1.807, 2.05) is 37.5 Å². The van der Waals surface area contributed by atoms with Gasteiger partial charge in [-0.25, -0.2) is 15.0 Å². The maximum atomic E-state index is 12.6. The summed E-state index contributed by atoms with van der Waals surface area (Å²) in [6.07, 6.45) is 7.91. The molecule has 4 heterocycles. The van der Waals surface area contributed by atoms with Crippen molar-refractivity contribution < 1.29 is 9.53 Å². The molecular weight excluding hydrogens is 416 g/mol. The number of hydrogen-bond acceptors (Lipinski definition) is 6. The molecule has 168 valence electrons. The fourth-order valence-corrected chi connectivity index (χ4v) is 4.12. The number of pyridine rings is 1. The number of morpholine rings is 1. The van der Waals surface area contributed by atoms with E-state index < -0.39 is 0 Å². The molecule has 1 amide bonds. The molecule has 0 bridgehead atoms. The molecule has 1 saturated heterocycles. The lowest BCUT2D eigenvalue weighted by Crippen LogP contribution is -2.36. The van der Waals surface area contributed by atoms with Crippen LogP contribution in [0.1, 0.15) is 23.1 Å². The molecule has 8 heteroatoms. The minimum Gasteiger partial charge on any atom is -0.378 e. The first-order chi connectivity index (χ1) is 16.2. The number of benzene rings is 1. The number of hydrogen-bond donors (Lipinski definition) is 2. The summed E-state index contributed by atoms with van der Waals surface area (Å²) < 4.78 is 5.45. The van der Waals surface area contributed by atoms with E-state index >= 15 is 0 Å². The summed E-state index contributed by atoms with van der Waals surface area (Å²) in [5.74, 6) is -0.120. The predicted octanol–water partition coefficient (Wildman–Crippen LogP) is 3.22. The van der Waals surface area contributed by atoms with E-state index in [2.05, 4.69) is 48.4 Å². The van der Waals surface area contributed by atoms with Gasteiger partial charge in [0.1, 0.15) is 5.65 Å². The predicted molar refractivity (Wildman–Crippen MR) is 127 cm³/mol. The van der Waals surface area contributed by atoms with E-state index in [4.69, 9.17) is 4.74 Å². The summed E-state index contributed by atoms with van der Waals surface area (Å²) in [7, 11) is 0. The summed E-state index contributed by atoms with van der Waals surface area (Å²) in [5.41, 5.74) is 4.83. The molecule has 1 aliphatic rings. The van der Waals surface area contributed by atoms with Crippen molar-refractivity contribution in [1.82, 2.24) is 25.3 Å². The molecule has 8 nitrogen and oxygen atoms in total. The van der Waals surface area contributed by atoms with Gasteiger partial charge < -0.3 is 19.9 Å². The summed E-state index contributed by atoms with van der Waals surface area (Å²) in [5, 5.41) is 3.97. The molecule has 2 N–H and O–H groups in total. The lowest BCUT2D eigenvalue weighted by Gasteiger charge is -2.28. The van der Waals surface area contributed by atoms with Crippen LogP contribution < -0.4 is 10.2 Å². The third kappa shape index (κ3) is 4.70. The van der Waals surface area contributed by atoms with Gasteiger partial charge in [0, 0.05) is 54.2 Å². The molecule has 1 fully saturated rings. The lowest BCUT2D eigenvalue weighted by atomic mass is 10.1. The lowest BCUT2D eigenvalue weighted by molar-refractivity contribution is 0.0929. The third-order valence-electron chi connectivity index (χ3n) is 5.82. The van der Waals surface area contributed by atoms with Gasteiger partial charge in [0.05, 0.1) is 25.1 Å². The Bertz CT molecular complexity index is 1230. The van der Waals surface area contributed by atoms with Crippen LogP contribution in [0.4, 0.5) is 5.69 Å². The fourth-order valence-electron chi connectivity index (χ4n) is 4.12. The highest BCUT2D eigenvalue weighted by Gasteiger charge is 2.16. The second-order valence-electron chi connectivity index (χ2n) is 8.25. The number of aromatic nitrogens is 4. The van der Waals surface area contributed by atoms with Crippen molar-refractivity contribution in [2.45, 2.75) is 19.4 Å². The standard InChI is InChI=1S/C25H26N6O2/c1-17(11-18-5-3-2-4-6-18)30-25(32)24-26-13-19(14-27-24)22-16-29-23-21(22)12-20(15-28-23)31-7-9-33-10-8-31/h2-6,12-17H,7-11H2,1H3,(H,28,29)(H,30,32)/t17-/m0/s1. The molecule has 1 aromatic carbocycles. The van der Waals surface area contributed by atoms with Crippen molar-refractivity contribution in [3.63, 3.8) is 0 Å². The van der Waals surface area contributed by atoms with Crippen LogP contribution in [-0.2, 0) is 11.2 Å². The number of aromatic amines is 1. The van der Waals surface area contributed by atoms with E-state index in [9.17, 15) is 4.79 Å². The summed E-state index contributed by atoms with van der Waals surface area (Å²) in [6.45, 7) is 5.12. The van der Waals surface area contributed by atoms with Crippen molar-refractivity contribution in [2.75, 3.05) is 31.2 Å². The van der Waals surface area contributed by atoms with Crippen LogP contribution in [0.5, 0.6) is 0 Å². The molecule has 4 aromatic rings. The molecule has 0 spiro atoms.